The third-order valence-electron chi connectivity index (χ3n) is 2.60. The highest BCUT2D eigenvalue weighted by atomic mass is 16.6. The predicted octanol–water partition coefficient (Wildman–Crippen LogP) is 4.09. The highest BCUT2D eigenvalue weighted by Crippen LogP contribution is 2.17. The molecule has 0 unspecified atom stereocenters. The second-order valence-corrected chi connectivity index (χ2v) is 4.01. The lowest BCUT2D eigenvalue weighted by Crippen LogP contribution is -1.85. The summed E-state index contributed by atoms with van der Waals surface area (Å²) >= 11 is 0. The molecule has 0 aliphatic carbocycles. The van der Waals surface area contributed by atoms with Gasteiger partial charge in [0.15, 0.2) is 0 Å². The number of hydrogen-bond acceptors (Lipinski definition) is 3. The summed E-state index contributed by atoms with van der Waals surface area (Å²) < 4.78 is 5.07. The van der Waals surface area contributed by atoms with E-state index in [2.05, 4.69) is 6.92 Å². The first-order chi connectivity index (χ1) is 7.74. The van der Waals surface area contributed by atoms with Crippen LogP contribution in [0, 0.1) is 10.1 Å². The van der Waals surface area contributed by atoms with Crippen molar-refractivity contribution in [3.63, 3.8) is 0 Å². The van der Waals surface area contributed by atoms with Crippen LogP contribution >= 0.6 is 0 Å². The predicted molar refractivity (Wildman–Crippen MR) is 62.4 cm³/mol. The topological polar surface area (TPSA) is 56.3 Å². The molecule has 0 aliphatic heterocycles. The van der Waals surface area contributed by atoms with Crippen LogP contribution in [0.3, 0.4) is 0 Å². The summed E-state index contributed by atoms with van der Waals surface area (Å²) in [4.78, 5) is 9.88. The molecule has 0 spiro atoms. The van der Waals surface area contributed by atoms with Crippen molar-refractivity contribution in [2.45, 2.75) is 51.9 Å². The van der Waals surface area contributed by atoms with E-state index in [1.54, 1.807) is 6.07 Å². The van der Waals surface area contributed by atoms with Gasteiger partial charge in [-0.05, 0) is 12.5 Å². The van der Waals surface area contributed by atoms with E-state index in [4.69, 9.17) is 4.42 Å². The van der Waals surface area contributed by atoms with E-state index in [1.165, 1.54) is 38.2 Å². The molecule has 0 saturated heterocycles. The summed E-state index contributed by atoms with van der Waals surface area (Å²) in [6, 6.07) is 3.12. The van der Waals surface area contributed by atoms with Crippen molar-refractivity contribution in [1.29, 1.82) is 0 Å². The number of furan rings is 1. The van der Waals surface area contributed by atoms with E-state index >= 15 is 0 Å². The average molecular weight is 225 g/mol. The fourth-order valence-electron chi connectivity index (χ4n) is 1.68. The normalized spacial score (nSPS) is 10.6. The van der Waals surface area contributed by atoms with Gasteiger partial charge in [0.2, 0.25) is 0 Å². The molecule has 0 radical (unpaired) electrons. The zero-order valence-corrected chi connectivity index (χ0v) is 9.78. The molecular weight excluding hydrogens is 206 g/mol. The Morgan fingerprint density at radius 1 is 1.19 bits per heavy atom. The molecule has 0 aromatic carbocycles. The van der Waals surface area contributed by atoms with Crippen molar-refractivity contribution in [2.75, 3.05) is 0 Å². The lowest BCUT2D eigenvalue weighted by atomic mass is 10.1. The Hall–Kier alpha value is -1.32. The van der Waals surface area contributed by atoms with Crippen LogP contribution < -0.4 is 0 Å². The van der Waals surface area contributed by atoms with E-state index in [1.807, 2.05) is 0 Å². The lowest BCUT2D eigenvalue weighted by Gasteiger charge is -1.98. The Kier molecular flexibility index (Phi) is 5.61. The van der Waals surface area contributed by atoms with Crippen LogP contribution in [-0.4, -0.2) is 4.92 Å². The molecule has 4 heteroatoms. The summed E-state index contributed by atoms with van der Waals surface area (Å²) in [5.41, 5.74) is 0. The quantitative estimate of drug-likeness (QED) is 0.380. The molecule has 0 atom stereocenters. The Morgan fingerprint density at radius 2 is 1.88 bits per heavy atom. The molecule has 1 aromatic rings. The summed E-state index contributed by atoms with van der Waals surface area (Å²) in [6.45, 7) is 2.20. The number of aryl methyl sites for hydroxylation is 1. The molecule has 1 heterocycles. The molecule has 0 bridgehead atoms. The summed E-state index contributed by atoms with van der Waals surface area (Å²) in [6.07, 6.45) is 8.12. The maximum atomic E-state index is 10.4. The number of rotatable bonds is 8. The fraction of sp³-hybridized carbons (Fsp3) is 0.667. The first-order valence-corrected chi connectivity index (χ1v) is 5.97. The van der Waals surface area contributed by atoms with Gasteiger partial charge in [-0.3, -0.25) is 10.1 Å². The Balaban J connectivity index is 2.14. The number of hydrogen-bond donors (Lipinski definition) is 0. The van der Waals surface area contributed by atoms with Crippen molar-refractivity contribution in [3.05, 3.63) is 28.0 Å². The summed E-state index contributed by atoms with van der Waals surface area (Å²) in [5.74, 6) is 0.572. The zero-order chi connectivity index (χ0) is 11.8. The number of nitrogens with zero attached hydrogens (tertiary/aromatic N) is 1. The first-order valence-electron chi connectivity index (χ1n) is 5.97. The highest BCUT2D eigenvalue weighted by molar-refractivity contribution is 5.17. The van der Waals surface area contributed by atoms with Gasteiger partial charge in [0.05, 0.1) is 6.07 Å². The van der Waals surface area contributed by atoms with Crippen LogP contribution in [0.5, 0.6) is 0 Å². The molecule has 90 valence electrons. The van der Waals surface area contributed by atoms with Gasteiger partial charge in [-0.2, -0.15) is 0 Å². The summed E-state index contributed by atoms with van der Waals surface area (Å²) in [7, 11) is 0. The third kappa shape index (κ3) is 4.47. The maximum absolute atomic E-state index is 10.4. The van der Waals surface area contributed by atoms with Gasteiger partial charge in [0.1, 0.15) is 10.7 Å². The molecule has 0 fully saturated rings. The van der Waals surface area contributed by atoms with Gasteiger partial charge in [-0.25, -0.2) is 0 Å². The van der Waals surface area contributed by atoms with E-state index in [9.17, 15) is 10.1 Å². The second-order valence-electron chi connectivity index (χ2n) is 4.01. The molecule has 4 nitrogen and oxygen atoms in total. The minimum atomic E-state index is -0.495. The van der Waals surface area contributed by atoms with Gasteiger partial charge in [0.25, 0.3) is 0 Å². The molecular formula is C12H19NO3. The maximum Gasteiger partial charge on any atom is 0.433 e. The van der Waals surface area contributed by atoms with Crippen LogP contribution in [0.1, 0.15) is 51.2 Å². The molecule has 0 aliphatic rings. The Bertz CT molecular complexity index is 320. The zero-order valence-electron chi connectivity index (χ0n) is 9.78. The highest BCUT2D eigenvalue weighted by Gasteiger charge is 2.10. The van der Waals surface area contributed by atoms with E-state index in [0.29, 0.717) is 0 Å². The van der Waals surface area contributed by atoms with Crippen molar-refractivity contribution in [2.24, 2.45) is 0 Å². The van der Waals surface area contributed by atoms with Crippen LogP contribution in [0.15, 0.2) is 16.5 Å². The largest absolute Gasteiger partial charge is 0.433 e. The average Bonchev–Trinajstić information content (AvgIpc) is 2.72. The van der Waals surface area contributed by atoms with Crippen molar-refractivity contribution in [3.8, 4) is 0 Å². The van der Waals surface area contributed by atoms with Gasteiger partial charge in [-0.15, -0.1) is 0 Å². The third-order valence-corrected chi connectivity index (χ3v) is 2.60. The monoisotopic (exact) mass is 225 g/mol. The molecule has 1 rings (SSSR count). The van der Waals surface area contributed by atoms with Crippen molar-refractivity contribution in [1.82, 2.24) is 0 Å². The molecule has 1 aromatic heterocycles. The molecule has 0 saturated carbocycles. The number of unbranched alkanes of at least 4 members (excludes halogenated alkanes) is 5. The minimum absolute atomic E-state index is 0.152. The van der Waals surface area contributed by atoms with Gasteiger partial charge in [-0.1, -0.05) is 39.0 Å². The molecule has 0 N–H and O–H groups in total. The fourth-order valence-corrected chi connectivity index (χ4v) is 1.68. The van der Waals surface area contributed by atoms with Crippen LogP contribution in [-0.2, 0) is 6.42 Å². The standard InChI is InChI=1S/C12H19NO3/c1-2-3-4-5-6-7-8-11-9-10-12(16-11)13(14)15/h9-10H,2-8H2,1H3. The van der Waals surface area contributed by atoms with Crippen LogP contribution in [0.2, 0.25) is 0 Å². The van der Waals surface area contributed by atoms with E-state index < -0.39 is 4.92 Å². The SMILES string of the molecule is CCCCCCCCc1ccc([N+](=O)[O-])o1. The number of nitro groups is 1. The van der Waals surface area contributed by atoms with Gasteiger partial charge in [0, 0.05) is 6.42 Å². The Labute approximate surface area is 95.8 Å². The van der Waals surface area contributed by atoms with Crippen molar-refractivity contribution < 1.29 is 9.34 Å². The van der Waals surface area contributed by atoms with Gasteiger partial charge < -0.3 is 4.42 Å². The molecule has 16 heavy (non-hydrogen) atoms. The van der Waals surface area contributed by atoms with Gasteiger partial charge >= 0.3 is 5.88 Å². The summed E-state index contributed by atoms with van der Waals surface area (Å²) in [5, 5.41) is 10.4. The Morgan fingerprint density at radius 3 is 2.50 bits per heavy atom. The van der Waals surface area contributed by atoms with E-state index in [-0.39, 0.29) is 5.88 Å². The van der Waals surface area contributed by atoms with E-state index in [0.717, 1.165) is 18.6 Å². The first kappa shape index (κ1) is 12.7. The second kappa shape index (κ2) is 7.04. The lowest BCUT2D eigenvalue weighted by molar-refractivity contribution is -0.402. The minimum Gasteiger partial charge on any atom is -0.406 e. The smallest absolute Gasteiger partial charge is 0.406 e. The van der Waals surface area contributed by atoms with Crippen LogP contribution in [0.4, 0.5) is 5.88 Å². The van der Waals surface area contributed by atoms with Crippen LogP contribution in [0.25, 0.3) is 0 Å². The van der Waals surface area contributed by atoms with Crippen molar-refractivity contribution >= 4 is 5.88 Å². The molecule has 0 amide bonds.